The summed E-state index contributed by atoms with van der Waals surface area (Å²) in [6, 6.07) is 7.03. The van der Waals surface area contributed by atoms with Gasteiger partial charge in [-0.15, -0.1) is 11.3 Å². The van der Waals surface area contributed by atoms with E-state index in [-0.39, 0.29) is 5.56 Å². The van der Waals surface area contributed by atoms with Crippen LogP contribution in [-0.2, 0) is 6.18 Å². The second-order valence-electron chi connectivity index (χ2n) is 4.09. The average molecular weight is 385 g/mol. The van der Waals surface area contributed by atoms with E-state index >= 15 is 0 Å². The molecule has 1 nitrogen and oxygen atoms in total. The van der Waals surface area contributed by atoms with Crippen LogP contribution in [0.25, 0.3) is 0 Å². The van der Waals surface area contributed by atoms with E-state index in [1.54, 1.807) is 25.2 Å². The molecule has 0 aliphatic heterocycles. The highest BCUT2D eigenvalue weighted by Gasteiger charge is 2.35. The molecule has 0 bridgehead atoms. The molecule has 20 heavy (non-hydrogen) atoms. The van der Waals surface area contributed by atoms with E-state index in [2.05, 4.69) is 21.2 Å². The van der Waals surface area contributed by atoms with Crippen LogP contribution in [0.4, 0.5) is 13.2 Å². The summed E-state index contributed by atoms with van der Waals surface area (Å²) in [5.74, 6) is 0. The topological polar surface area (TPSA) is 12.0 Å². The number of hydrogen-bond donors (Lipinski definition) is 1. The molecule has 0 radical (unpaired) electrons. The molecule has 1 aromatic carbocycles. The molecule has 1 N–H and O–H groups in total. The van der Waals surface area contributed by atoms with Gasteiger partial charge < -0.3 is 5.32 Å². The molecule has 108 valence electrons. The lowest BCUT2D eigenvalue weighted by Crippen LogP contribution is -2.21. The lowest BCUT2D eigenvalue weighted by atomic mass is 9.99. The molecule has 0 aliphatic rings. The van der Waals surface area contributed by atoms with Crippen LogP contribution in [-0.4, -0.2) is 7.05 Å². The summed E-state index contributed by atoms with van der Waals surface area (Å²) in [5.41, 5.74) is -0.475. The zero-order chi connectivity index (χ0) is 14.9. The van der Waals surface area contributed by atoms with Crippen LogP contribution >= 0.6 is 38.9 Å². The molecule has 0 amide bonds. The smallest absolute Gasteiger partial charge is 0.309 e. The molecule has 0 aliphatic carbocycles. The molecule has 0 spiro atoms. The molecular weight excluding hydrogens is 375 g/mol. The summed E-state index contributed by atoms with van der Waals surface area (Å²) in [6.45, 7) is 0. The van der Waals surface area contributed by atoms with Gasteiger partial charge in [-0.05, 0) is 36.9 Å². The van der Waals surface area contributed by atoms with Gasteiger partial charge >= 0.3 is 6.18 Å². The monoisotopic (exact) mass is 383 g/mol. The normalized spacial score (nSPS) is 13.5. The molecular formula is C13H10BrClF3NS. The van der Waals surface area contributed by atoms with Gasteiger partial charge in [-0.1, -0.05) is 33.6 Å². The van der Waals surface area contributed by atoms with E-state index < -0.39 is 17.8 Å². The van der Waals surface area contributed by atoms with Crippen LogP contribution in [0.3, 0.4) is 0 Å². The van der Waals surface area contributed by atoms with Crippen LogP contribution in [0.15, 0.2) is 34.8 Å². The van der Waals surface area contributed by atoms with Crippen LogP contribution in [0.5, 0.6) is 0 Å². The van der Waals surface area contributed by atoms with Gasteiger partial charge in [-0.2, -0.15) is 13.2 Å². The van der Waals surface area contributed by atoms with Crippen molar-refractivity contribution in [3.8, 4) is 0 Å². The Morgan fingerprint density at radius 2 is 1.95 bits per heavy atom. The summed E-state index contributed by atoms with van der Waals surface area (Å²) in [6.07, 6.45) is -4.41. The van der Waals surface area contributed by atoms with Crippen molar-refractivity contribution in [2.24, 2.45) is 0 Å². The van der Waals surface area contributed by atoms with Gasteiger partial charge in [0, 0.05) is 9.35 Å². The third kappa shape index (κ3) is 3.36. The second-order valence-corrected chi connectivity index (χ2v) is 6.76. The van der Waals surface area contributed by atoms with Crippen molar-refractivity contribution in [3.63, 3.8) is 0 Å². The number of benzene rings is 1. The minimum atomic E-state index is -4.41. The molecule has 0 saturated carbocycles. The summed E-state index contributed by atoms with van der Waals surface area (Å²) in [4.78, 5) is 0.741. The molecule has 2 aromatic rings. The third-order valence-electron chi connectivity index (χ3n) is 2.80. The molecule has 0 fully saturated rings. The summed E-state index contributed by atoms with van der Waals surface area (Å²) < 4.78 is 40.5. The van der Waals surface area contributed by atoms with Crippen molar-refractivity contribution >= 4 is 38.9 Å². The zero-order valence-electron chi connectivity index (χ0n) is 10.3. The Bertz CT molecular complexity index is 612. The fourth-order valence-electron chi connectivity index (χ4n) is 1.96. The Morgan fingerprint density at radius 1 is 1.25 bits per heavy atom. The zero-order valence-corrected chi connectivity index (χ0v) is 13.4. The van der Waals surface area contributed by atoms with Crippen molar-refractivity contribution < 1.29 is 13.2 Å². The van der Waals surface area contributed by atoms with Gasteiger partial charge in [0.25, 0.3) is 0 Å². The number of nitrogens with one attached hydrogen (secondary N) is 1. The third-order valence-corrected chi connectivity index (χ3v) is 4.59. The van der Waals surface area contributed by atoms with Gasteiger partial charge in [-0.25, -0.2) is 0 Å². The Morgan fingerprint density at radius 3 is 2.45 bits per heavy atom. The van der Waals surface area contributed by atoms with Gasteiger partial charge in [-0.3, -0.25) is 0 Å². The van der Waals surface area contributed by atoms with Crippen molar-refractivity contribution in [3.05, 3.63) is 55.1 Å². The van der Waals surface area contributed by atoms with E-state index in [4.69, 9.17) is 11.6 Å². The maximum atomic E-state index is 13.2. The number of halogens is 5. The van der Waals surface area contributed by atoms with E-state index in [0.29, 0.717) is 8.81 Å². The van der Waals surface area contributed by atoms with E-state index in [1.807, 2.05) is 0 Å². The molecule has 1 unspecified atom stereocenters. The van der Waals surface area contributed by atoms with Crippen LogP contribution in [0.1, 0.15) is 22.0 Å². The first-order valence-corrected chi connectivity index (χ1v) is 7.61. The standard InChI is InChI=1S/C13H10BrClF3NS/c1-19-12(10-4-5-11(15)20-10)8-3-2-7(14)6-9(8)13(16,17)18/h2-6,12,19H,1H3. The van der Waals surface area contributed by atoms with Gasteiger partial charge in [0.15, 0.2) is 0 Å². The number of rotatable bonds is 3. The Labute approximate surface area is 131 Å². The van der Waals surface area contributed by atoms with Crippen LogP contribution in [0.2, 0.25) is 4.34 Å². The first kappa shape index (κ1) is 15.8. The van der Waals surface area contributed by atoms with Crippen molar-refractivity contribution in [1.29, 1.82) is 0 Å². The lowest BCUT2D eigenvalue weighted by molar-refractivity contribution is -0.138. The minimum Gasteiger partial charge on any atom is -0.309 e. The van der Waals surface area contributed by atoms with E-state index in [0.717, 1.165) is 10.9 Å². The first-order valence-electron chi connectivity index (χ1n) is 5.62. The lowest BCUT2D eigenvalue weighted by Gasteiger charge is -2.20. The average Bonchev–Trinajstić information content (AvgIpc) is 2.77. The number of thiophene rings is 1. The molecule has 1 heterocycles. The van der Waals surface area contributed by atoms with Gasteiger partial charge in [0.2, 0.25) is 0 Å². The summed E-state index contributed by atoms with van der Waals surface area (Å²) in [7, 11) is 1.63. The largest absolute Gasteiger partial charge is 0.416 e. The molecule has 0 saturated heterocycles. The highest BCUT2D eigenvalue weighted by Crippen LogP contribution is 2.39. The van der Waals surface area contributed by atoms with Crippen molar-refractivity contribution in [1.82, 2.24) is 5.32 Å². The van der Waals surface area contributed by atoms with Crippen LogP contribution in [0, 0.1) is 0 Å². The minimum absolute atomic E-state index is 0.182. The highest BCUT2D eigenvalue weighted by molar-refractivity contribution is 9.10. The van der Waals surface area contributed by atoms with Gasteiger partial charge in [0.05, 0.1) is 15.9 Å². The summed E-state index contributed by atoms with van der Waals surface area (Å²) >= 11 is 10.2. The maximum absolute atomic E-state index is 13.2. The van der Waals surface area contributed by atoms with Crippen molar-refractivity contribution in [2.45, 2.75) is 12.2 Å². The molecule has 7 heteroatoms. The maximum Gasteiger partial charge on any atom is 0.416 e. The Hall–Kier alpha value is -0.560. The Kier molecular flexibility index (Phi) is 4.79. The number of hydrogen-bond acceptors (Lipinski definition) is 2. The first-order chi connectivity index (χ1) is 9.32. The predicted octanol–water partition coefficient (Wildman–Crippen LogP) is 5.49. The SMILES string of the molecule is CNC(c1ccc(Cl)s1)c1ccc(Br)cc1C(F)(F)F. The predicted molar refractivity (Wildman–Crippen MR) is 79.4 cm³/mol. The van der Waals surface area contributed by atoms with Crippen molar-refractivity contribution in [2.75, 3.05) is 7.05 Å². The molecule has 2 rings (SSSR count). The van der Waals surface area contributed by atoms with Crippen LogP contribution < -0.4 is 5.32 Å². The Balaban J connectivity index is 2.55. The second kappa shape index (κ2) is 6.05. The fourth-order valence-corrected chi connectivity index (χ4v) is 3.51. The number of alkyl halides is 3. The van der Waals surface area contributed by atoms with Gasteiger partial charge in [0.1, 0.15) is 0 Å². The highest BCUT2D eigenvalue weighted by atomic mass is 79.9. The fraction of sp³-hybridized carbons (Fsp3) is 0.231. The quantitative estimate of drug-likeness (QED) is 0.737. The summed E-state index contributed by atoms with van der Waals surface area (Å²) in [5, 5.41) is 2.92. The van der Waals surface area contributed by atoms with E-state index in [1.165, 1.54) is 17.4 Å². The van der Waals surface area contributed by atoms with E-state index in [9.17, 15) is 13.2 Å². The molecule has 1 aromatic heterocycles. The molecule has 1 atom stereocenters.